The first-order valence-corrected chi connectivity index (χ1v) is 11.6. The molecule has 0 spiro atoms. The minimum atomic E-state index is -3.66. The van der Waals surface area contributed by atoms with Gasteiger partial charge in [0.2, 0.25) is 10.0 Å². The number of benzene rings is 1. The highest BCUT2D eigenvalue weighted by atomic mass is 79.9. The van der Waals surface area contributed by atoms with Gasteiger partial charge < -0.3 is 10.1 Å². The van der Waals surface area contributed by atoms with Gasteiger partial charge in [0.1, 0.15) is 4.88 Å². The van der Waals surface area contributed by atoms with E-state index in [1.165, 1.54) is 21.7 Å². The molecule has 0 aliphatic rings. The number of amides is 1. The van der Waals surface area contributed by atoms with Crippen LogP contribution in [0.1, 0.15) is 29.1 Å². The van der Waals surface area contributed by atoms with Crippen LogP contribution >= 0.6 is 27.3 Å². The maximum Gasteiger partial charge on any atom is 0.348 e. The number of hydrogen-bond acceptors (Lipinski definition) is 6. The second-order valence-electron chi connectivity index (χ2n) is 5.80. The molecule has 0 radical (unpaired) electrons. The summed E-state index contributed by atoms with van der Waals surface area (Å²) in [4.78, 5) is 24.5. The van der Waals surface area contributed by atoms with Crippen LogP contribution in [0.2, 0.25) is 0 Å². The van der Waals surface area contributed by atoms with E-state index in [4.69, 9.17) is 4.74 Å². The molecule has 0 aliphatic carbocycles. The molecule has 0 saturated carbocycles. The van der Waals surface area contributed by atoms with Crippen molar-refractivity contribution in [3.63, 3.8) is 0 Å². The third kappa shape index (κ3) is 5.40. The first-order chi connectivity index (χ1) is 13.2. The van der Waals surface area contributed by atoms with Crippen molar-refractivity contribution in [3.05, 3.63) is 44.6 Å². The number of hydrogen-bond donors (Lipinski definition) is 1. The normalized spacial score (nSPS) is 11.5. The highest BCUT2D eigenvalue weighted by Crippen LogP contribution is 2.24. The Morgan fingerprint density at radius 3 is 2.43 bits per heavy atom. The van der Waals surface area contributed by atoms with E-state index in [1.807, 2.05) is 0 Å². The largest absolute Gasteiger partial charge is 0.451 e. The minimum absolute atomic E-state index is 0.134. The van der Waals surface area contributed by atoms with Gasteiger partial charge >= 0.3 is 5.97 Å². The van der Waals surface area contributed by atoms with Gasteiger partial charge in [-0.25, -0.2) is 13.2 Å². The fourth-order valence-electron chi connectivity index (χ4n) is 2.48. The number of sulfonamides is 1. The molecule has 2 aromatic rings. The summed E-state index contributed by atoms with van der Waals surface area (Å²) in [6.45, 7) is 5.46. The predicted molar refractivity (Wildman–Crippen MR) is 112 cm³/mol. The van der Waals surface area contributed by atoms with Gasteiger partial charge in [-0.3, -0.25) is 4.79 Å². The number of rotatable bonds is 8. The quantitative estimate of drug-likeness (QED) is 0.572. The lowest BCUT2D eigenvalue weighted by molar-refractivity contribution is -0.119. The van der Waals surface area contributed by atoms with Crippen molar-refractivity contribution in [2.75, 3.05) is 25.0 Å². The zero-order chi connectivity index (χ0) is 20.9. The zero-order valence-electron chi connectivity index (χ0n) is 15.7. The van der Waals surface area contributed by atoms with E-state index in [1.54, 1.807) is 45.0 Å². The van der Waals surface area contributed by atoms with Crippen LogP contribution in [-0.4, -0.2) is 44.3 Å². The number of nitrogens with zero attached hydrogens (tertiary/aromatic N) is 1. The molecule has 1 heterocycles. The molecular weight excluding hydrogens is 468 g/mol. The molecule has 1 amide bonds. The van der Waals surface area contributed by atoms with Crippen molar-refractivity contribution in [1.82, 2.24) is 4.31 Å². The smallest absolute Gasteiger partial charge is 0.348 e. The molecule has 0 saturated heterocycles. The molecule has 1 aromatic heterocycles. The van der Waals surface area contributed by atoms with Crippen LogP contribution in [0.15, 0.2) is 39.0 Å². The summed E-state index contributed by atoms with van der Waals surface area (Å²) in [6, 6.07) is 7.96. The molecule has 0 unspecified atom stereocenters. The second-order valence-corrected chi connectivity index (χ2v) is 10.2. The van der Waals surface area contributed by atoms with E-state index in [2.05, 4.69) is 21.2 Å². The number of ether oxygens (including phenoxy) is 1. The molecule has 0 fully saturated rings. The SMILES string of the molecule is CCN(CC)S(=O)(=O)c1cc(NC(=O)COC(=O)c2ccc(Br)s2)ccc1C. The molecule has 28 heavy (non-hydrogen) atoms. The van der Waals surface area contributed by atoms with E-state index in [-0.39, 0.29) is 4.90 Å². The van der Waals surface area contributed by atoms with Crippen LogP contribution in [0.25, 0.3) is 0 Å². The summed E-state index contributed by atoms with van der Waals surface area (Å²) in [6.07, 6.45) is 0. The third-order valence-electron chi connectivity index (χ3n) is 3.90. The van der Waals surface area contributed by atoms with E-state index in [9.17, 15) is 18.0 Å². The molecule has 7 nitrogen and oxygen atoms in total. The number of esters is 1. The zero-order valence-corrected chi connectivity index (χ0v) is 18.9. The standard InChI is InChI=1S/C18H21BrN2O5S2/c1-4-21(5-2)28(24,25)15-10-13(7-6-12(15)3)20-17(22)11-26-18(23)14-8-9-16(19)27-14/h6-10H,4-5,11H2,1-3H3,(H,20,22). The number of thiophene rings is 1. The molecule has 2 rings (SSSR count). The topological polar surface area (TPSA) is 92.8 Å². The minimum Gasteiger partial charge on any atom is -0.451 e. The maximum absolute atomic E-state index is 12.8. The summed E-state index contributed by atoms with van der Waals surface area (Å²) in [7, 11) is -3.66. The van der Waals surface area contributed by atoms with Gasteiger partial charge in [0.05, 0.1) is 8.68 Å². The molecule has 1 N–H and O–H groups in total. The van der Waals surface area contributed by atoms with Gasteiger partial charge in [-0.15, -0.1) is 11.3 Å². The average molecular weight is 489 g/mol. The molecular formula is C18H21BrN2O5S2. The van der Waals surface area contributed by atoms with Crippen molar-refractivity contribution < 1.29 is 22.7 Å². The van der Waals surface area contributed by atoms with Gasteiger partial charge in [0, 0.05) is 18.8 Å². The maximum atomic E-state index is 12.8. The van der Waals surface area contributed by atoms with Crippen molar-refractivity contribution >= 4 is 54.9 Å². The Bertz CT molecular complexity index is 968. The van der Waals surface area contributed by atoms with Gasteiger partial charge in [0.15, 0.2) is 6.61 Å². The number of anilines is 1. The van der Waals surface area contributed by atoms with Gasteiger partial charge in [-0.05, 0) is 52.7 Å². The molecule has 0 bridgehead atoms. The van der Waals surface area contributed by atoms with Crippen LogP contribution in [0.5, 0.6) is 0 Å². The Morgan fingerprint density at radius 1 is 1.18 bits per heavy atom. The fourth-order valence-corrected chi connectivity index (χ4v) is 5.47. The van der Waals surface area contributed by atoms with Crippen molar-refractivity contribution in [2.24, 2.45) is 0 Å². The van der Waals surface area contributed by atoms with Gasteiger partial charge in [-0.2, -0.15) is 4.31 Å². The van der Waals surface area contributed by atoms with Crippen molar-refractivity contribution in [3.8, 4) is 0 Å². The Balaban J connectivity index is 2.08. The number of carbonyl (C=O) groups excluding carboxylic acids is 2. The fraction of sp³-hybridized carbons (Fsp3) is 0.333. The summed E-state index contributed by atoms with van der Waals surface area (Å²) < 4.78 is 32.7. The number of carbonyl (C=O) groups is 2. The van der Waals surface area contributed by atoms with Crippen molar-refractivity contribution in [1.29, 1.82) is 0 Å². The molecule has 152 valence electrons. The lowest BCUT2D eigenvalue weighted by atomic mass is 10.2. The Kier molecular flexibility index (Phi) is 7.76. The van der Waals surface area contributed by atoms with Gasteiger partial charge in [0.25, 0.3) is 5.91 Å². The van der Waals surface area contributed by atoms with E-state index < -0.39 is 28.5 Å². The second kappa shape index (κ2) is 9.64. The average Bonchev–Trinajstić information content (AvgIpc) is 3.08. The van der Waals surface area contributed by atoms with E-state index in [0.717, 1.165) is 3.79 Å². The Morgan fingerprint density at radius 2 is 1.86 bits per heavy atom. The lowest BCUT2D eigenvalue weighted by Gasteiger charge is -2.20. The first-order valence-electron chi connectivity index (χ1n) is 8.52. The summed E-state index contributed by atoms with van der Waals surface area (Å²) in [5.74, 6) is -1.15. The molecule has 10 heteroatoms. The molecule has 0 aliphatic heterocycles. The summed E-state index contributed by atoms with van der Waals surface area (Å²) in [5, 5.41) is 2.56. The number of nitrogens with one attached hydrogen (secondary N) is 1. The number of halogens is 1. The lowest BCUT2D eigenvalue weighted by Crippen LogP contribution is -2.31. The van der Waals surface area contributed by atoms with Crippen LogP contribution in [0, 0.1) is 6.92 Å². The predicted octanol–water partition coefficient (Wildman–Crippen LogP) is 3.65. The van der Waals surface area contributed by atoms with Crippen molar-refractivity contribution in [2.45, 2.75) is 25.7 Å². The van der Waals surface area contributed by atoms with Crippen LogP contribution in [0.4, 0.5) is 5.69 Å². The van der Waals surface area contributed by atoms with Crippen LogP contribution in [0.3, 0.4) is 0 Å². The van der Waals surface area contributed by atoms with E-state index in [0.29, 0.717) is 29.2 Å². The monoisotopic (exact) mass is 488 g/mol. The van der Waals surface area contributed by atoms with Crippen LogP contribution in [-0.2, 0) is 19.6 Å². The Labute approximate surface area is 176 Å². The molecule has 1 aromatic carbocycles. The third-order valence-corrected chi connectivity index (χ3v) is 7.70. The first kappa shape index (κ1) is 22.5. The van der Waals surface area contributed by atoms with Gasteiger partial charge in [-0.1, -0.05) is 19.9 Å². The van der Waals surface area contributed by atoms with Crippen LogP contribution < -0.4 is 5.32 Å². The number of aryl methyl sites for hydroxylation is 1. The highest BCUT2D eigenvalue weighted by molar-refractivity contribution is 9.11. The summed E-state index contributed by atoms with van der Waals surface area (Å²) >= 11 is 4.46. The Hall–Kier alpha value is -1.75. The highest BCUT2D eigenvalue weighted by Gasteiger charge is 2.24. The molecule has 0 atom stereocenters. The van der Waals surface area contributed by atoms with E-state index >= 15 is 0 Å². The summed E-state index contributed by atoms with van der Waals surface area (Å²) in [5.41, 5.74) is 0.899.